The lowest BCUT2D eigenvalue weighted by molar-refractivity contribution is 0.311. The molecule has 6 nitrogen and oxygen atoms in total. The van der Waals surface area contributed by atoms with E-state index < -0.39 is 5.43 Å². The minimum Gasteiger partial charge on any atom is -0.504 e. The molecule has 0 aliphatic heterocycles. The number of hydrogen-bond donors (Lipinski definition) is 1. The van der Waals surface area contributed by atoms with Crippen molar-refractivity contribution in [1.82, 2.24) is 0 Å². The van der Waals surface area contributed by atoms with E-state index in [2.05, 4.69) is 0 Å². The van der Waals surface area contributed by atoms with E-state index in [1.165, 1.54) is 27.4 Å². The number of hydrogen-bond acceptors (Lipinski definition) is 6. The highest BCUT2D eigenvalue weighted by Crippen LogP contribution is 2.49. The zero-order chi connectivity index (χ0) is 17.3. The largest absolute Gasteiger partial charge is 0.504 e. The van der Waals surface area contributed by atoms with Gasteiger partial charge in [0.1, 0.15) is 11.1 Å². The van der Waals surface area contributed by atoms with Crippen molar-refractivity contribution in [3.63, 3.8) is 0 Å². The lowest BCUT2D eigenvalue weighted by Gasteiger charge is -2.16. The number of ether oxygens (including phenoxy) is 3. The molecule has 0 spiro atoms. The topological polar surface area (TPSA) is 78.1 Å². The average Bonchev–Trinajstić information content (AvgIpc) is 2.61. The van der Waals surface area contributed by atoms with Crippen LogP contribution >= 0.6 is 0 Å². The lowest BCUT2D eigenvalue weighted by Crippen LogP contribution is -2.05. The van der Waals surface area contributed by atoms with Crippen molar-refractivity contribution in [3.8, 4) is 34.3 Å². The monoisotopic (exact) mass is 328 g/mol. The van der Waals surface area contributed by atoms with E-state index in [9.17, 15) is 9.90 Å². The molecule has 0 saturated carbocycles. The molecule has 1 aromatic heterocycles. The molecule has 0 bridgehead atoms. The summed E-state index contributed by atoms with van der Waals surface area (Å²) >= 11 is 0. The molecule has 0 atom stereocenters. The Labute approximate surface area is 137 Å². The fraction of sp³-hybridized carbons (Fsp3) is 0.167. The highest BCUT2D eigenvalue weighted by atomic mass is 16.5. The van der Waals surface area contributed by atoms with E-state index in [0.717, 1.165) is 5.56 Å². The molecule has 24 heavy (non-hydrogen) atoms. The standard InChI is InChI=1S/C18H16O6/c1-21-16-14(20)13-11(19)9-12(10-7-5-4-6-8-10)24-15(13)17(22-2)18(16)23-3/h4-9,20H,1-3H3. The number of fused-ring (bicyclic) bond motifs is 1. The first-order valence-electron chi connectivity index (χ1n) is 7.16. The van der Waals surface area contributed by atoms with Crippen LogP contribution in [-0.2, 0) is 0 Å². The summed E-state index contributed by atoms with van der Waals surface area (Å²) in [5.74, 6) is 0.355. The third-order valence-corrected chi connectivity index (χ3v) is 3.69. The molecule has 3 aromatic rings. The summed E-state index contributed by atoms with van der Waals surface area (Å²) in [5.41, 5.74) is 0.415. The highest BCUT2D eigenvalue weighted by Gasteiger charge is 2.26. The average molecular weight is 328 g/mol. The molecule has 0 aliphatic carbocycles. The van der Waals surface area contributed by atoms with E-state index >= 15 is 0 Å². The Morgan fingerprint density at radius 1 is 0.917 bits per heavy atom. The first-order chi connectivity index (χ1) is 11.6. The van der Waals surface area contributed by atoms with Crippen molar-refractivity contribution in [3.05, 3.63) is 46.6 Å². The summed E-state index contributed by atoms with van der Waals surface area (Å²) in [7, 11) is 4.19. The number of phenols is 1. The van der Waals surface area contributed by atoms with Gasteiger partial charge >= 0.3 is 0 Å². The molecule has 1 heterocycles. The second kappa shape index (κ2) is 6.16. The molecule has 0 fully saturated rings. The number of methoxy groups -OCH3 is 3. The smallest absolute Gasteiger partial charge is 0.211 e. The van der Waals surface area contributed by atoms with Crippen molar-refractivity contribution < 1.29 is 23.7 Å². The predicted molar refractivity (Wildman–Crippen MR) is 89.2 cm³/mol. The first-order valence-corrected chi connectivity index (χ1v) is 7.16. The van der Waals surface area contributed by atoms with Gasteiger partial charge in [-0.2, -0.15) is 0 Å². The Bertz CT molecular complexity index is 943. The van der Waals surface area contributed by atoms with Gasteiger partial charge in [-0.25, -0.2) is 0 Å². The van der Waals surface area contributed by atoms with Crippen LogP contribution < -0.4 is 19.6 Å². The van der Waals surface area contributed by atoms with Gasteiger partial charge in [-0.15, -0.1) is 0 Å². The SMILES string of the molecule is COc1c(OC)c(O)c2c(=O)cc(-c3ccccc3)oc2c1OC. The van der Waals surface area contributed by atoms with Crippen LogP contribution in [0.1, 0.15) is 0 Å². The molecular weight excluding hydrogens is 312 g/mol. The Morgan fingerprint density at radius 3 is 2.12 bits per heavy atom. The van der Waals surface area contributed by atoms with Crippen LogP contribution in [0.3, 0.4) is 0 Å². The third kappa shape index (κ3) is 2.32. The summed E-state index contributed by atoms with van der Waals surface area (Å²) in [6.45, 7) is 0. The molecule has 0 unspecified atom stereocenters. The predicted octanol–water partition coefficient (Wildman–Crippen LogP) is 3.19. The van der Waals surface area contributed by atoms with E-state index in [1.807, 2.05) is 30.3 Å². The van der Waals surface area contributed by atoms with E-state index in [-0.39, 0.29) is 34.0 Å². The second-order valence-electron chi connectivity index (χ2n) is 4.99. The third-order valence-electron chi connectivity index (χ3n) is 3.69. The molecule has 124 valence electrons. The first kappa shape index (κ1) is 15.7. The molecule has 3 rings (SSSR count). The normalized spacial score (nSPS) is 10.6. The molecule has 0 amide bonds. The zero-order valence-electron chi connectivity index (χ0n) is 13.5. The Hall–Kier alpha value is -3.15. The summed E-state index contributed by atoms with van der Waals surface area (Å²) in [4.78, 5) is 12.6. The maximum absolute atomic E-state index is 12.6. The van der Waals surface area contributed by atoms with E-state index in [0.29, 0.717) is 5.76 Å². The van der Waals surface area contributed by atoms with Gasteiger partial charge in [0.25, 0.3) is 0 Å². The fourth-order valence-corrected chi connectivity index (χ4v) is 2.61. The molecule has 0 aliphatic rings. The zero-order valence-corrected chi connectivity index (χ0v) is 13.5. The maximum atomic E-state index is 12.6. The van der Waals surface area contributed by atoms with Gasteiger partial charge in [0, 0.05) is 11.6 Å². The molecule has 1 N–H and O–H groups in total. The number of phenolic OH excluding ortho intramolecular Hbond substituents is 1. The van der Waals surface area contributed by atoms with Gasteiger partial charge in [0.05, 0.1) is 21.3 Å². The van der Waals surface area contributed by atoms with E-state index in [4.69, 9.17) is 18.6 Å². The summed E-state index contributed by atoms with van der Waals surface area (Å²) in [6.07, 6.45) is 0. The molecule has 6 heteroatoms. The van der Waals surface area contributed by atoms with Crippen LogP contribution in [0.4, 0.5) is 0 Å². The van der Waals surface area contributed by atoms with Gasteiger partial charge < -0.3 is 23.7 Å². The van der Waals surface area contributed by atoms with Crippen LogP contribution in [0.15, 0.2) is 45.6 Å². The van der Waals surface area contributed by atoms with Gasteiger partial charge in [-0.1, -0.05) is 30.3 Å². The second-order valence-corrected chi connectivity index (χ2v) is 4.99. The summed E-state index contributed by atoms with van der Waals surface area (Å²) < 4.78 is 21.6. The Kier molecular flexibility index (Phi) is 4.04. The van der Waals surface area contributed by atoms with E-state index in [1.54, 1.807) is 0 Å². The van der Waals surface area contributed by atoms with Crippen molar-refractivity contribution in [1.29, 1.82) is 0 Å². The molecule has 2 aromatic carbocycles. The van der Waals surface area contributed by atoms with Crippen LogP contribution in [-0.4, -0.2) is 26.4 Å². The number of benzene rings is 2. The van der Waals surface area contributed by atoms with Crippen LogP contribution in [0.5, 0.6) is 23.0 Å². The molecule has 0 radical (unpaired) electrons. The number of rotatable bonds is 4. The minimum atomic E-state index is -0.410. The van der Waals surface area contributed by atoms with Gasteiger partial charge in [-0.3, -0.25) is 4.79 Å². The van der Waals surface area contributed by atoms with Crippen molar-refractivity contribution in [2.24, 2.45) is 0 Å². The van der Waals surface area contributed by atoms with Crippen LogP contribution in [0.2, 0.25) is 0 Å². The molecular formula is C18H16O6. The quantitative estimate of drug-likeness (QED) is 0.792. The summed E-state index contributed by atoms with van der Waals surface area (Å²) in [5, 5.41) is 10.4. The van der Waals surface area contributed by atoms with Gasteiger partial charge in [-0.05, 0) is 0 Å². The minimum absolute atomic E-state index is 0.0154. The Balaban J connectivity index is 2.44. The lowest BCUT2D eigenvalue weighted by atomic mass is 10.1. The maximum Gasteiger partial charge on any atom is 0.211 e. The Morgan fingerprint density at radius 2 is 1.54 bits per heavy atom. The highest BCUT2D eigenvalue weighted by molar-refractivity contribution is 5.95. The number of aromatic hydroxyl groups is 1. The molecule has 0 saturated heterocycles. The van der Waals surface area contributed by atoms with Crippen molar-refractivity contribution in [2.75, 3.05) is 21.3 Å². The van der Waals surface area contributed by atoms with Gasteiger partial charge in [0.2, 0.25) is 17.2 Å². The van der Waals surface area contributed by atoms with Crippen molar-refractivity contribution in [2.45, 2.75) is 0 Å². The van der Waals surface area contributed by atoms with Crippen LogP contribution in [0.25, 0.3) is 22.3 Å². The summed E-state index contributed by atoms with van der Waals surface area (Å²) in [6, 6.07) is 10.5. The van der Waals surface area contributed by atoms with Gasteiger partial charge in [0.15, 0.2) is 16.8 Å². The van der Waals surface area contributed by atoms with Crippen molar-refractivity contribution >= 4 is 11.0 Å². The van der Waals surface area contributed by atoms with Crippen LogP contribution in [0, 0.1) is 0 Å². The fourth-order valence-electron chi connectivity index (χ4n) is 2.61.